The Balaban J connectivity index is 2.28. The average Bonchev–Trinajstić information content (AvgIpc) is 2.85. The van der Waals surface area contributed by atoms with Crippen LogP contribution in [0.3, 0.4) is 0 Å². The van der Waals surface area contributed by atoms with Gasteiger partial charge in [-0.15, -0.1) is 10.2 Å². The van der Waals surface area contributed by atoms with Gasteiger partial charge >= 0.3 is 0 Å². The zero-order valence-electron chi connectivity index (χ0n) is 9.89. The van der Waals surface area contributed by atoms with Crippen LogP contribution in [0.4, 0.5) is 0 Å². The summed E-state index contributed by atoms with van der Waals surface area (Å²) in [5.41, 5.74) is 0. The maximum atomic E-state index is 9.21. The molecule has 5 nitrogen and oxygen atoms in total. The smallest absolute Gasteiger partial charge is 0.158 e. The van der Waals surface area contributed by atoms with E-state index in [-0.39, 0.29) is 12.7 Å². The molecule has 1 aliphatic rings. The zero-order chi connectivity index (χ0) is 11.5. The quantitative estimate of drug-likeness (QED) is 0.832. The number of rotatable bonds is 4. The standard InChI is InChI=1S/C11H19N3O2/c1-3-5-14-10(7-15)12-13-11(14)9-4-6-16-8(9)2/h8-9,15H,3-7H2,1-2H3. The molecule has 1 aliphatic heterocycles. The number of aliphatic hydroxyl groups is 1. The maximum Gasteiger partial charge on any atom is 0.158 e. The molecule has 0 bridgehead atoms. The highest BCUT2D eigenvalue weighted by atomic mass is 16.5. The normalized spacial score (nSPS) is 25.2. The van der Waals surface area contributed by atoms with E-state index in [1.807, 2.05) is 4.57 Å². The van der Waals surface area contributed by atoms with E-state index < -0.39 is 0 Å². The molecule has 0 aromatic carbocycles. The van der Waals surface area contributed by atoms with Crippen molar-refractivity contribution < 1.29 is 9.84 Å². The Morgan fingerprint density at radius 1 is 1.50 bits per heavy atom. The number of aliphatic hydroxyl groups excluding tert-OH is 1. The molecule has 2 atom stereocenters. The Morgan fingerprint density at radius 3 is 2.88 bits per heavy atom. The van der Waals surface area contributed by atoms with Crippen LogP contribution < -0.4 is 0 Å². The van der Waals surface area contributed by atoms with Crippen LogP contribution in [-0.2, 0) is 17.9 Å². The van der Waals surface area contributed by atoms with Crippen LogP contribution in [0.2, 0.25) is 0 Å². The summed E-state index contributed by atoms with van der Waals surface area (Å²) in [6.45, 7) is 5.79. The minimum Gasteiger partial charge on any atom is -0.388 e. The van der Waals surface area contributed by atoms with E-state index in [2.05, 4.69) is 24.0 Å². The second-order valence-corrected chi connectivity index (χ2v) is 4.26. The molecule has 2 rings (SSSR count). The zero-order valence-corrected chi connectivity index (χ0v) is 9.89. The van der Waals surface area contributed by atoms with Crippen molar-refractivity contribution in [1.29, 1.82) is 0 Å². The lowest BCUT2D eigenvalue weighted by atomic mass is 10.0. The molecule has 1 saturated heterocycles. The Morgan fingerprint density at radius 2 is 2.31 bits per heavy atom. The molecule has 90 valence electrons. The fraction of sp³-hybridized carbons (Fsp3) is 0.818. The van der Waals surface area contributed by atoms with Gasteiger partial charge in [-0.05, 0) is 19.8 Å². The van der Waals surface area contributed by atoms with E-state index in [0.717, 1.165) is 31.8 Å². The highest BCUT2D eigenvalue weighted by Crippen LogP contribution is 2.30. The van der Waals surface area contributed by atoms with Gasteiger partial charge in [-0.3, -0.25) is 0 Å². The molecule has 16 heavy (non-hydrogen) atoms. The third kappa shape index (κ3) is 1.97. The molecule has 1 N–H and O–H groups in total. The first kappa shape index (κ1) is 11.5. The van der Waals surface area contributed by atoms with Crippen LogP contribution >= 0.6 is 0 Å². The molecule has 0 radical (unpaired) electrons. The minimum atomic E-state index is -0.0467. The van der Waals surface area contributed by atoms with Crippen molar-refractivity contribution in [2.45, 2.75) is 51.9 Å². The van der Waals surface area contributed by atoms with Gasteiger partial charge in [-0.1, -0.05) is 6.92 Å². The van der Waals surface area contributed by atoms with Crippen LogP contribution in [0.5, 0.6) is 0 Å². The minimum absolute atomic E-state index is 0.0467. The van der Waals surface area contributed by atoms with Gasteiger partial charge in [0, 0.05) is 19.1 Å². The molecule has 0 amide bonds. The molecular weight excluding hydrogens is 206 g/mol. The summed E-state index contributed by atoms with van der Waals surface area (Å²) in [5.74, 6) is 1.95. The fourth-order valence-electron chi connectivity index (χ4n) is 2.28. The molecule has 0 spiro atoms. The number of aromatic nitrogens is 3. The SMILES string of the molecule is CCCn1c(CO)nnc1C1CCOC1C. The van der Waals surface area contributed by atoms with Gasteiger partial charge in [0.15, 0.2) is 5.82 Å². The molecule has 2 unspecified atom stereocenters. The summed E-state index contributed by atoms with van der Waals surface area (Å²) in [6.07, 6.45) is 2.21. The van der Waals surface area contributed by atoms with E-state index in [4.69, 9.17) is 4.74 Å². The lowest BCUT2D eigenvalue weighted by Crippen LogP contribution is -2.16. The summed E-state index contributed by atoms with van der Waals surface area (Å²) >= 11 is 0. The maximum absolute atomic E-state index is 9.21. The average molecular weight is 225 g/mol. The van der Waals surface area contributed by atoms with Crippen LogP contribution in [-0.4, -0.2) is 32.6 Å². The van der Waals surface area contributed by atoms with Crippen LogP contribution in [0, 0.1) is 0 Å². The Bertz CT molecular complexity index is 351. The lowest BCUT2D eigenvalue weighted by molar-refractivity contribution is 0.116. The topological polar surface area (TPSA) is 60.2 Å². The predicted octanol–water partition coefficient (Wildman–Crippen LogP) is 1.07. The lowest BCUT2D eigenvalue weighted by Gasteiger charge is -2.15. The molecule has 1 aromatic rings. The first-order valence-electron chi connectivity index (χ1n) is 5.92. The first-order chi connectivity index (χ1) is 7.77. The Kier molecular flexibility index (Phi) is 3.56. The molecule has 5 heteroatoms. The molecule has 1 aromatic heterocycles. The summed E-state index contributed by atoms with van der Waals surface area (Å²) in [6, 6.07) is 0. The van der Waals surface area contributed by atoms with Crippen molar-refractivity contribution in [3.05, 3.63) is 11.6 Å². The summed E-state index contributed by atoms with van der Waals surface area (Å²) in [5, 5.41) is 17.5. The predicted molar refractivity (Wildman–Crippen MR) is 59.0 cm³/mol. The second kappa shape index (κ2) is 4.93. The number of hydrogen-bond acceptors (Lipinski definition) is 4. The largest absolute Gasteiger partial charge is 0.388 e. The molecular formula is C11H19N3O2. The summed E-state index contributed by atoms with van der Waals surface area (Å²) in [4.78, 5) is 0. The van der Waals surface area contributed by atoms with E-state index in [1.54, 1.807) is 0 Å². The number of nitrogens with zero attached hydrogens (tertiary/aromatic N) is 3. The number of ether oxygens (including phenoxy) is 1. The van der Waals surface area contributed by atoms with Gasteiger partial charge in [0.05, 0.1) is 6.10 Å². The van der Waals surface area contributed by atoms with Crippen LogP contribution in [0.15, 0.2) is 0 Å². The van der Waals surface area contributed by atoms with Gasteiger partial charge < -0.3 is 14.4 Å². The molecule has 2 heterocycles. The molecule has 0 aliphatic carbocycles. The van der Waals surface area contributed by atoms with E-state index in [1.165, 1.54) is 0 Å². The number of hydrogen-bond donors (Lipinski definition) is 1. The van der Waals surface area contributed by atoms with Crippen LogP contribution in [0.1, 0.15) is 44.3 Å². The Hall–Kier alpha value is -0.940. The third-order valence-electron chi connectivity index (χ3n) is 3.15. The highest BCUT2D eigenvalue weighted by Gasteiger charge is 2.30. The fourth-order valence-corrected chi connectivity index (χ4v) is 2.28. The third-order valence-corrected chi connectivity index (χ3v) is 3.15. The monoisotopic (exact) mass is 225 g/mol. The van der Waals surface area contributed by atoms with Crippen molar-refractivity contribution in [2.24, 2.45) is 0 Å². The highest BCUT2D eigenvalue weighted by molar-refractivity contribution is 5.05. The van der Waals surface area contributed by atoms with Crippen molar-refractivity contribution in [2.75, 3.05) is 6.61 Å². The Labute approximate surface area is 95.4 Å². The first-order valence-corrected chi connectivity index (χ1v) is 5.92. The van der Waals surface area contributed by atoms with E-state index in [9.17, 15) is 5.11 Å². The van der Waals surface area contributed by atoms with Crippen molar-refractivity contribution in [1.82, 2.24) is 14.8 Å². The van der Waals surface area contributed by atoms with Gasteiger partial charge in [0.2, 0.25) is 0 Å². The molecule has 0 saturated carbocycles. The summed E-state index contributed by atoms with van der Waals surface area (Å²) in [7, 11) is 0. The van der Waals surface area contributed by atoms with Gasteiger partial charge in [-0.2, -0.15) is 0 Å². The van der Waals surface area contributed by atoms with Crippen LogP contribution in [0.25, 0.3) is 0 Å². The van der Waals surface area contributed by atoms with Crippen molar-refractivity contribution >= 4 is 0 Å². The van der Waals surface area contributed by atoms with E-state index >= 15 is 0 Å². The second-order valence-electron chi connectivity index (χ2n) is 4.26. The van der Waals surface area contributed by atoms with Gasteiger partial charge in [0.1, 0.15) is 12.4 Å². The summed E-state index contributed by atoms with van der Waals surface area (Å²) < 4.78 is 7.59. The van der Waals surface area contributed by atoms with Crippen molar-refractivity contribution in [3.63, 3.8) is 0 Å². The van der Waals surface area contributed by atoms with Gasteiger partial charge in [0.25, 0.3) is 0 Å². The van der Waals surface area contributed by atoms with E-state index in [0.29, 0.717) is 11.7 Å². The molecule has 1 fully saturated rings. The van der Waals surface area contributed by atoms with Gasteiger partial charge in [-0.25, -0.2) is 0 Å². The van der Waals surface area contributed by atoms with Crippen molar-refractivity contribution in [3.8, 4) is 0 Å².